The zero-order chi connectivity index (χ0) is 23.3. The Labute approximate surface area is 189 Å². The lowest BCUT2D eigenvalue weighted by Crippen LogP contribution is -2.24. The van der Waals surface area contributed by atoms with Gasteiger partial charge in [-0.05, 0) is 42.5 Å². The van der Waals surface area contributed by atoms with E-state index < -0.39 is 9.85 Å². The SMILES string of the molecule is CCCc1c(CCc2ccc([N+](=O)[O-])cc2[N+](=O)[O-])cc(C#N)c(C(N)=S)c1C(N)=S. The monoisotopic (exact) mass is 457 g/mol. The molecule has 0 fully saturated rings. The van der Waals surface area contributed by atoms with E-state index in [0.29, 0.717) is 29.5 Å². The third-order valence-electron chi connectivity index (χ3n) is 4.78. The van der Waals surface area contributed by atoms with Gasteiger partial charge < -0.3 is 11.5 Å². The van der Waals surface area contributed by atoms with Gasteiger partial charge in [0.15, 0.2) is 0 Å². The largest absolute Gasteiger partial charge is 0.389 e. The second-order valence-corrected chi connectivity index (χ2v) is 7.61. The fourth-order valence-electron chi connectivity index (χ4n) is 3.47. The molecule has 0 saturated heterocycles. The van der Waals surface area contributed by atoms with Gasteiger partial charge in [0.2, 0.25) is 0 Å². The van der Waals surface area contributed by atoms with Crippen LogP contribution in [0, 0.1) is 31.6 Å². The molecule has 160 valence electrons. The highest BCUT2D eigenvalue weighted by molar-refractivity contribution is 7.81. The Morgan fingerprint density at radius 2 is 1.61 bits per heavy atom. The molecule has 2 aromatic carbocycles. The van der Waals surface area contributed by atoms with E-state index >= 15 is 0 Å². The first kappa shape index (κ1) is 23.8. The van der Waals surface area contributed by atoms with Crippen molar-refractivity contribution in [2.75, 3.05) is 0 Å². The fourth-order valence-corrected chi connectivity index (χ4v) is 3.91. The molecule has 31 heavy (non-hydrogen) atoms. The second kappa shape index (κ2) is 10.0. The molecule has 0 radical (unpaired) electrons. The van der Waals surface area contributed by atoms with Gasteiger partial charge in [0.05, 0.1) is 27.5 Å². The molecule has 0 amide bonds. The number of non-ortho nitro benzene ring substituents is 1. The first-order valence-electron chi connectivity index (χ1n) is 9.22. The molecule has 0 aliphatic rings. The summed E-state index contributed by atoms with van der Waals surface area (Å²) < 4.78 is 0. The van der Waals surface area contributed by atoms with Gasteiger partial charge in [0, 0.05) is 22.8 Å². The van der Waals surface area contributed by atoms with Crippen molar-refractivity contribution in [1.29, 1.82) is 5.26 Å². The summed E-state index contributed by atoms with van der Waals surface area (Å²) in [5.74, 6) is 0. The summed E-state index contributed by atoms with van der Waals surface area (Å²) in [6, 6.07) is 7.26. The van der Waals surface area contributed by atoms with E-state index in [1.807, 2.05) is 6.92 Å². The molecule has 0 heterocycles. The molecule has 0 bridgehead atoms. The van der Waals surface area contributed by atoms with Crippen molar-refractivity contribution in [2.24, 2.45) is 11.5 Å². The minimum absolute atomic E-state index is 0.00857. The van der Waals surface area contributed by atoms with Crippen LogP contribution in [0.5, 0.6) is 0 Å². The summed E-state index contributed by atoms with van der Waals surface area (Å²) in [6.45, 7) is 1.97. The predicted molar refractivity (Wildman–Crippen MR) is 124 cm³/mol. The van der Waals surface area contributed by atoms with E-state index in [4.69, 9.17) is 35.9 Å². The smallest absolute Gasteiger partial charge is 0.279 e. The molecule has 4 N–H and O–H groups in total. The van der Waals surface area contributed by atoms with Gasteiger partial charge in [-0.2, -0.15) is 5.26 Å². The summed E-state index contributed by atoms with van der Waals surface area (Å²) in [5.41, 5.74) is 14.0. The molecule has 0 aromatic heterocycles. The third kappa shape index (κ3) is 5.17. The normalized spacial score (nSPS) is 10.3. The number of hydrogen-bond acceptors (Lipinski definition) is 7. The van der Waals surface area contributed by atoms with Crippen LogP contribution in [0.4, 0.5) is 11.4 Å². The average Bonchev–Trinajstić information content (AvgIpc) is 2.71. The molecular weight excluding hydrogens is 438 g/mol. The molecule has 2 rings (SSSR count). The summed E-state index contributed by atoms with van der Waals surface area (Å²) in [4.78, 5) is 21.1. The highest BCUT2D eigenvalue weighted by Gasteiger charge is 2.23. The van der Waals surface area contributed by atoms with E-state index in [1.54, 1.807) is 6.07 Å². The number of hydrogen-bond donors (Lipinski definition) is 2. The van der Waals surface area contributed by atoms with Crippen LogP contribution in [-0.2, 0) is 19.3 Å². The molecule has 0 aliphatic heterocycles. The van der Waals surface area contributed by atoms with Crippen molar-refractivity contribution in [2.45, 2.75) is 32.6 Å². The van der Waals surface area contributed by atoms with Crippen molar-refractivity contribution in [3.63, 3.8) is 0 Å². The van der Waals surface area contributed by atoms with E-state index in [0.717, 1.165) is 23.6 Å². The predicted octanol–water partition coefficient (Wildman–Crippen LogP) is 3.38. The Morgan fingerprint density at radius 1 is 1.00 bits per heavy atom. The maximum absolute atomic E-state index is 11.4. The van der Waals surface area contributed by atoms with Gasteiger partial charge in [-0.3, -0.25) is 20.2 Å². The zero-order valence-corrected chi connectivity index (χ0v) is 18.2. The van der Waals surface area contributed by atoms with Gasteiger partial charge in [0.1, 0.15) is 9.98 Å². The molecule has 0 saturated carbocycles. The van der Waals surface area contributed by atoms with E-state index in [9.17, 15) is 25.5 Å². The van der Waals surface area contributed by atoms with Crippen LogP contribution in [-0.4, -0.2) is 19.8 Å². The van der Waals surface area contributed by atoms with Crippen LogP contribution < -0.4 is 11.5 Å². The van der Waals surface area contributed by atoms with Crippen molar-refractivity contribution in [3.8, 4) is 6.07 Å². The number of aryl methyl sites for hydroxylation is 2. The summed E-state index contributed by atoms with van der Waals surface area (Å²) in [5, 5.41) is 32.0. The van der Waals surface area contributed by atoms with Crippen molar-refractivity contribution >= 4 is 45.8 Å². The Bertz CT molecular complexity index is 1140. The minimum atomic E-state index is -0.682. The Hall–Kier alpha value is -3.49. The van der Waals surface area contributed by atoms with E-state index in [-0.39, 0.29) is 33.3 Å². The maximum Gasteiger partial charge on any atom is 0.279 e. The van der Waals surface area contributed by atoms with Crippen LogP contribution in [0.25, 0.3) is 0 Å². The molecule has 0 aliphatic carbocycles. The molecule has 9 nitrogen and oxygen atoms in total. The number of nitrogens with two attached hydrogens (primary N) is 2. The van der Waals surface area contributed by atoms with Crippen LogP contribution in [0.3, 0.4) is 0 Å². The summed E-state index contributed by atoms with van der Waals surface area (Å²) in [7, 11) is 0. The number of benzene rings is 2. The molecule has 0 unspecified atom stereocenters. The Morgan fingerprint density at radius 3 is 2.10 bits per heavy atom. The standard InChI is InChI=1S/C20H19N5O4S2/c1-2-3-15-12(8-13(10-21)17(19(22)30)18(15)20(23)31)5-4-11-6-7-14(24(26)27)9-16(11)25(28)29/h6-9H,2-5H2,1H3,(H2,22,30)(H2,23,31). The lowest BCUT2D eigenvalue weighted by Gasteiger charge is -2.19. The molecular formula is C20H19N5O4S2. The van der Waals surface area contributed by atoms with Gasteiger partial charge in [-0.15, -0.1) is 0 Å². The van der Waals surface area contributed by atoms with Crippen LogP contribution in [0.1, 0.15) is 46.7 Å². The lowest BCUT2D eigenvalue weighted by atomic mass is 9.87. The fraction of sp³-hybridized carbons (Fsp3) is 0.250. The molecule has 0 spiro atoms. The van der Waals surface area contributed by atoms with Gasteiger partial charge in [0.25, 0.3) is 11.4 Å². The topological polar surface area (TPSA) is 162 Å². The van der Waals surface area contributed by atoms with Crippen LogP contribution in [0.2, 0.25) is 0 Å². The second-order valence-electron chi connectivity index (χ2n) is 6.73. The number of rotatable bonds is 9. The van der Waals surface area contributed by atoms with Crippen LogP contribution >= 0.6 is 24.4 Å². The number of nitriles is 1. The van der Waals surface area contributed by atoms with Gasteiger partial charge >= 0.3 is 0 Å². The molecule has 2 aromatic rings. The molecule has 11 heteroatoms. The van der Waals surface area contributed by atoms with Crippen LogP contribution in [0.15, 0.2) is 24.3 Å². The average molecular weight is 458 g/mol. The van der Waals surface area contributed by atoms with E-state index in [1.165, 1.54) is 12.1 Å². The first-order valence-corrected chi connectivity index (χ1v) is 10.0. The highest BCUT2D eigenvalue weighted by atomic mass is 32.1. The third-order valence-corrected chi connectivity index (χ3v) is 5.19. The quantitative estimate of drug-likeness (QED) is 0.326. The number of nitro groups is 2. The Kier molecular flexibility index (Phi) is 7.68. The van der Waals surface area contributed by atoms with Gasteiger partial charge in [-0.25, -0.2) is 0 Å². The summed E-state index contributed by atoms with van der Waals surface area (Å²) >= 11 is 10.3. The minimum Gasteiger partial charge on any atom is -0.389 e. The van der Waals surface area contributed by atoms with E-state index in [2.05, 4.69) is 6.07 Å². The molecule has 0 atom stereocenters. The van der Waals surface area contributed by atoms with Crippen molar-refractivity contribution in [3.05, 3.63) is 77.9 Å². The number of nitro benzene ring substituents is 2. The summed E-state index contributed by atoms with van der Waals surface area (Å²) in [6.07, 6.45) is 1.89. The van der Waals surface area contributed by atoms with Gasteiger partial charge in [-0.1, -0.05) is 37.8 Å². The van der Waals surface area contributed by atoms with Crippen molar-refractivity contribution < 1.29 is 9.85 Å². The number of thiocarbonyl (C=S) groups is 2. The van der Waals surface area contributed by atoms with Crippen molar-refractivity contribution in [1.82, 2.24) is 0 Å². The highest BCUT2D eigenvalue weighted by Crippen LogP contribution is 2.29. The lowest BCUT2D eigenvalue weighted by molar-refractivity contribution is -0.394. The zero-order valence-electron chi connectivity index (χ0n) is 16.6. The first-order chi connectivity index (χ1) is 14.6. The number of nitrogens with zero attached hydrogens (tertiary/aromatic N) is 3. The Balaban J connectivity index is 2.60. The maximum atomic E-state index is 11.4.